The molecule has 2 amide bonds. The number of pyridine rings is 1. The molecule has 1 aromatic carbocycles. The number of anilines is 1. The average molecular weight is 298 g/mol. The standard InChI is InChI=1S/C15H14N4O3/c1-22-13-6-4-12(5-7-13)18-14(20)15(21)19-17-10-11-3-2-8-16-9-11/h2-10H,1H3,(H,18,20)(H,19,21)/b17-10-. The van der Waals surface area contributed by atoms with Gasteiger partial charge >= 0.3 is 11.8 Å². The number of ether oxygens (including phenoxy) is 1. The number of nitrogens with zero attached hydrogens (tertiary/aromatic N) is 2. The number of benzene rings is 1. The van der Waals surface area contributed by atoms with Crippen molar-refractivity contribution in [3.05, 3.63) is 54.4 Å². The molecule has 0 bridgehead atoms. The highest BCUT2D eigenvalue weighted by molar-refractivity contribution is 6.39. The quantitative estimate of drug-likeness (QED) is 0.503. The smallest absolute Gasteiger partial charge is 0.329 e. The van der Waals surface area contributed by atoms with E-state index in [0.717, 1.165) is 0 Å². The molecule has 0 aliphatic heterocycles. The van der Waals surface area contributed by atoms with Crippen LogP contribution in [0.25, 0.3) is 0 Å². The van der Waals surface area contributed by atoms with Crippen LogP contribution in [0.2, 0.25) is 0 Å². The lowest BCUT2D eigenvalue weighted by molar-refractivity contribution is -0.136. The van der Waals surface area contributed by atoms with E-state index in [1.54, 1.807) is 55.9 Å². The van der Waals surface area contributed by atoms with Gasteiger partial charge < -0.3 is 10.1 Å². The Bertz CT molecular complexity index is 669. The maximum Gasteiger partial charge on any atom is 0.329 e. The lowest BCUT2D eigenvalue weighted by Gasteiger charge is -2.05. The van der Waals surface area contributed by atoms with E-state index in [4.69, 9.17) is 4.74 Å². The molecule has 0 atom stereocenters. The highest BCUT2D eigenvalue weighted by Gasteiger charge is 2.12. The molecule has 0 aliphatic carbocycles. The summed E-state index contributed by atoms with van der Waals surface area (Å²) in [5.41, 5.74) is 3.33. The zero-order valence-electron chi connectivity index (χ0n) is 11.8. The van der Waals surface area contributed by atoms with Crippen molar-refractivity contribution >= 4 is 23.7 Å². The van der Waals surface area contributed by atoms with Crippen LogP contribution in [0.3, 0.4) is 0 Å². The first-order chi connectivity index (χ1) is 10.7. The second kappa shape index (κ2) is 7.53. The molecule has 0 fully saturated rings. The molecule has 0 unspecified atom stereocenters. The fourth-order valence-corrected chi connectivity index (χ4v) is 1.53. The minimum Gasteiger partial charge on any atom is -0.497 e. The highest BCUT2D eigenvalue weighted by atomic mass is 16.5. The fourth-order valence-electron chi connectivity index (χ4n) is 1.53. The van der Waals surface area contributed by atoms with E-state index in [1.807, 2.05) is 0 Å². The minimum atomic E-state index is -0.865. The summed E-state index contributed by atoms with van der Waals surface area (Å²) >= 11 is 0. The van der Waals surface area contributed by atoms with Crippen LogP contribution >= 0.6 is 0 Å². The van der Waals surface area contributed by atoms with E-state index in [1.165, 1.54) is 6.21 Å². The van der Waals surface area contributed by atoms with Crippen LogP contribution in [0.5, 0.6) is 5.75 Å². The molecule has 0 spiro atoms. The molecular weight excluding hydrogens is 284 g/mol. The Hall–Kier alpha value is -3.22. The molecule has 22 heavy (non-hydrogen) atoms. The third-order valence-corrected chi connectivity index (χ3v) is 2.62. The largest absolute Gasteiger partial charge is 0.497 e. The van der Waals surface area contributed by atoms with Gasteiger partial charge in [0.2, 0.25) is 0 Å². The second-order valence-electron chi connectivity index (χ2n) is 4.17. The van der Waals surface area contributed by atoms with Gasteiger partial charge in [0.25, 0.3) is 0 Å². The van der Waals surface area contributed by atoms with E-state index in [9.17, 15) is 9.59 Å². The van der Waals surface area contributed by atoms with Gasteiger partial charge in [0.15, 0.2) is 0 Å². The molecule has 0 radical (unpaired) electrons. The average Bonchev–Trinajstić information content (AvgIpc) is 2.56. The number of nitrogens with one attached hydrogen (secondary N) is 2. The summed E-state index contributed by atoms with van der Waals surface area (Å²) in [4.78, 5) is 27.1. The van der Waals surface area contributed by atoms with Crippen LogP contribution in [0, 0.1) is 0 Å². The summed E-state index contributed by atoms with van der Waals surface area (Å²) in [7, 11) is 1.54. The van der Waals surface area contributed by atoms with Crippen LogP contribution in [-0.4, -0.2) is 30.1 Å². The summed E-state index contributed by atoms with van der Waals surface area (Å²) < 4.78 is 5.00. The molecule has 7 nitrogen and oxygen atoms in total. The van der Waals surface area contributed by atoms with Crippen LogP contribution in [0.15, 0.2) is 53.9 Å². The van der Waals surface area contributed by atoms with E-state index < -0.39 is 11.8 Å². The van der Waals surface area contributed by atoms with Crippen molar-refractivity contribution in [1.82, 2.24) is 10.4 Å². The van der Waals surface area contributed by atoms with Crippen molar-refractivity contribution in [2.75, 3.05) is 12.4 Å². The normalized spacial score (nSPS) is 10.2. The number of amides is 2. The molecule has 0 aliphatic rings. The number of hydrogen-bond donors (Lipinski definition) is 2. The molecule has 7 heteroatoms. The molecular formula is C15H14N4O3. The van der Waals surface area contributed by atoms with Crippen molar-refractivity contribution in [1.29, 1.82) is 0 Å². The molecule has 2 aromatic rings. The van der Waals surface area contributed by atoms with Crippen molar-refractivity contribution in [2.45, 2.75) is 0 Å². The Labute approximate surface area is 127 Å². The number of carbonyl (C=O) groups is 2. The van der Waals surface area contributed by atoms with Crippen molar-refractivity contribution < 1.29 is 14.3 Å². The SMILES string of the molecule is COc1ccc(NC(=O)C(=O)N/N=C\c2cccnc2)cc1. The summed E-state index contributed by atoms with van der Waals surface area (Å²) in [6.07, 6.45) is 4.59. The molecule has 0 saturated carbocycles. The van der Waals surface area contributed by atoms with Crippen molar-refractivity contribution in [3.63, 3.8) is 0 Å². The minimum absolute atomic E-state index is 0.484. The maximum atomic E-state index is 11.7. The van der Waals surface area contributed by atoms with Crippen LogP contribution in [0.4, 0.5) is 5.69 Å². The third-order valence-electron chi connectivity index (χ3n) is 2.62. The summed E-state index contributed by atoms with van der Waals surface area (Å²) in [5, 5.41) is 6.14. The molecule has 0 saturated heterocycles. The second-order valence-corrected chi connectivity index (χ2v) is 4.17. The highest BCUT2D eigenvalue weighted by Crippen LogP contribution is 2.14. The van der Waals surface area contributed by atoms with Gasteiger partial charge in [-0.05, 0) is 30.3 Å². The Morgan fingerprint density at radius 1 is 1.18 bits per heavy atom. The van der Waals surface area contributed by atoms with Gasteiger partial charge in [0.1, 0.15) is 5.75 Å². The van der Waals surface area contributed by atoms with Crippen LogP contribution < -0.4 is 15.5 Å². The van der Waals surface area contributed by atoms with Gasteiger partial charge in [-0.1, -0.05) is 6.07 Å². The van der Waals surface area contributed by atoms with Gasteiger partial charge in [-0.3, -0.25) is 14.6 Å². The van der Waals surface area contributed by atoms with Crippen molar-refractivity contribution in [2.24, 2.45) is 5.10 Å². The number of hydrogen-bond acceptors (Lipinski definition) is 5. The van der Waals surface area contributed by atoms with Gasteiger partial charge in [0.05, 0.1) is 13.3 Å². The molecule has 1 heterocycles. The number of hydrazone groups is 1. The van der Waals surface area contributed by atoms with Gasteiger partial charge in [-0.2, -0.15) is 5.10 Å². The van der Waals surface area contributed by atoms with E-state index >= 15 is 0 Å². The first-order valence-electron chi connectivity index (χ1n) is 6.37. The van der Waals surface area contributed by atoms with E-state index in [0.29, 0.717) is 17.0 Å². The fraction of sp³-hybridized carbons (Fsp3) is 0.0667. The third kappa shape index (κ3) is 4.41. The number of rotatable bonds is 4. The zero-order chi connectivity index (χ0) is 15.8. The van der Waals surface area contributed by atoms with Crippen LogP contribution in [0.1, 0.15) is 5.56 Å². The summed E-state index contributed by atoms with van der Waals surface area (Å²) in [6, 6.07) is 10.1. The first kappa shape index (κ1) is 15.2. The predicted octanol–water partition coefficient (Wildman–Crippen LogP) is 1.18. The predicted molar refractivity (Wildman–Crippen MR) is 81.6 cm³/mol. The van der Waals surface area contributed by atoms with Gasteiger partial charge in [-0.25, -0.2) is 5.43 Å². The van der Waals surface area contributed by atoms with Crippen LogP contribution in [-0.2, 0) is 9.59 Å². The Balaban J connectivity index is 1.86. The Kier molecular flexibility index (Phi) is 5.20. The Morgan fingerprint density at radius 2 is 1.95 bits per heavy atom. The number of carbonyl (C=O) groups excluding carboxylic acids is 2. The molecule has 112 valence electrons. The summed E-state index contributed by atoms with van der Waals surface area (Å²) in [5.74, 6) is -1.02. The monoisotopic (exact) mass is 298 g/mol. The Morgan fingerprint density at radius 3 is 2.59 bits per heavy atom. The summed E-state index contributed by atoms with van der Waals surface area (Å²) in [6.45, 7) is 0. The topological polar surface area (TPSA) is 92.7 Å². The molecule has 2 N–H and O–H groups in total. The van der Waals surface area contributed by atoms with Gasteiger partial charge in [0, 0.05) is 23.6 Å². The van der Waals surface area contributed by atoms with Gasteiger partial charge in [-0.15, -0.1) is 0 Å². The lowest BCUT2D eigenvalue weighted by Crippen LogP contribution is -2.32. The lowest BCUT2D eigenvalue weighted by atomic mass is 10.3. The zero-order valence-corrected chi connectivity index (χ0v) is 11.8. The van der Waals surface area contributed by atoms with E-state index in [2.05, 4.69) is 20.8 Å². The number of aromatic nitrogens is 1. The maximum absolute atomic E-state index is 11.7. The van der Waals surface area contributed by atoms with E-state index in [-0.39, 0.29) is 0 Å². The number of methoxy groups -OCH3 is 1. The first-order valence-corrected chi connectivity index (χ1v) is 6.37. The van der Waals surface area contributed by atoms with Crippen molar-refractivity contribution in [3.8, 4) is 5.75 Å². The molecule has 1 aromatic heterocycles. The molecule has 2 rings (SSSR count).